The van der Waals surface area contributed by atoms with E-state index in [4.69, 9.17) is 19.4 Å². The molecule has 3 aromatic rings. The van der Waals surface area contributed by atoms with Gasteiger partial charge in [0.05, 0.1) is 31.1 Å². The fraction of sp³-hybridized carbons (Fsp3) is 0.517. The largest absolute Gasteiger partial charge is 0.442 e. The third kappa shape index (κ3) is 5.12. The number of rotatable bonds is 3. The number of aromatic nitrogens is 3. The molecule has 0 radical (unpaired) electrons. The summed E-state index contributed by atoms with van der Waals surface area (Å²) in [5.41, 5.74) is 3.65. The zero-order valence-electron chi connectivity index (χ0n) is 22.4. The summed E-state index contributed by atoms with van der Waals surface area (Å²) in [5, 5.41) is 1.13. The van der Waals surface area contributed by atoms with Crippen LogP contribution in [0.3, 0.4) is 0 Å². The minimum Gasteiger partial charge on any atom is -0.442 e. The Hall–Kier alpha value is -3.46. The number of morpholine rings is 1. The molecule has 1 amide bonds. The standard InChI is InChI=1S/C29H36N6O3/c1-29(2,3)38-28(36)32-20-9-7-19(8-10-20)16-34-17-21-18-37-14-13-35(21)27-25(34)15-31-26(33-27)23-5-4-6-24-22(23)11-12-30-24/h4-6,11-12,15,19,21,30H,7-10,13-14,16-18H2,1-3H3. The number of nitrogens with zero attached hydrogens (tertiary/aromatic N) is 5. The Labute approximate surface area is 223 Å². The lowest BCUT2D eigenvalue weighted by Gasteiger charge is -2.46. The minimum absolute atomic E-state index is 0.273. The molecule has 3 aliphatic rings. The summed E-state index contributed by atoms with van der Waals surface area (Å²) in [7, 11) is 0. The van der Waals surface area contributed by atoms with Crippen LogP contribution in [0.25, 0.3) is 22.3 Å². The molecule has 2 aliphatic heterocycles. The number of hydrogen-bond acceptors (Lipinski definition) is 7. The number of aliphatic imine (C=N–C) groups is 1. The predicted octanol–water partition coefficient (Wildman–Crippen LogP) is 5.22. The Bertz CT molecular complexity index is 1350. The Morgan fingerprint density at radius 2 is 2.08 bits per heavy atom. The quantitative estimate of drug-likeness (QED) is 0.510. The molecule has 1 saturated carbocycles. The van der Waals surface area contributed by atoms with Crippen molar-refractivity contribution in [3.05, 3.63) is 36.7 Å². The van der Waals surface area contributed by atoms with Crippen LogP contribution in [0.2, 0.25) is 0 Å². The van der Waals surface area contributed by atoms with Crippen molar-refractivity contribution in [1.82, 2.24) is 15.0 Å². The van der Waals surface area contributed by atoms with Crippen molar-refractivity contribution >= 4 is 34.2 Å². The molecule has 9 heteroatoms. The van der Waals surface area contributed by atoms with Gasteiger partial charge in [0.25, 0.3) is 0 Å². The maximum Gasteiger partial charge on any atom is 0.434 e. The zero-order valence-corrected chi connectivity index (χ0v) is 22.4. The van der Waals surface area contributed by atoms with Crippen LogP contribution in [0, 0.1) is 5.92 Å². The molecule has 1 aliphatic carbocycles. The van der Waals surface area contributed by atoms with Crippen molar-refractivity contribution in [1.29, 1.82) is 0 Å². The van der Waals surface area contributed by atoms with E-state index < -0.39 is 11.7 Å². The van der Waals surface area contributed by atoms with Gasteiger partial charge in [-0.2, -0.15) is 4.99 Å². The van der Waals surface area contributed by atoms with Gasteiger partial charge in [-0.25, -0.2) is 14.8 Å². The summed E-state index contributed by atoms with van der Waals surface area (Å²) in [6.45, 7) is 9.69. The van der Waals surface area contributed by atoms with Gasteiger partial charge >= 0.3 is 6.09 Å². The number of benzene rings is 1. The first-order valence-electron chi connectivity index (χ1n) is 13.7. The fourth-order valence-corrected chi connectivity index (χ4v) is 5.85. The van der Waals surface area contributed by atoms with Gasteiger partial charge < -0.3 is 24.3 Å². The molecule has 6 rings (SSSR count). The lowest BCUT2D eigenvalue weighted by atomic mass is 9.87. The molecule has 200 valence electrons. The Kier molecular flexibility index (Phi) is 6.55. The number of H-pyrrole nitrogens is 1. The second-order valence-corrected chi connectivity index (χ2v) is 11.6. The third-order valence-electron chi connectivity index (χ3n) is 7.66. The van der Waals surface area contributed by atoms with E-state index in [1.54, 1.807) is 0 Å². The second kappa shape index (κ2) is 10.0. The normalized spacial score (nSPS) is 21.7. The molecule has 38 heavy (non-hydrogen) atoms. The Morgan fingerprint density at radius 1 is 1.24 bits per heavy atom. The predicted molar refractivity (Wildman–Crippen MR) is 149 cm³/mol. The number of amides is 1. The van der Waals surface area contributed by atoms with Crippen LogP contribution in [-0.2, 0) is 9.47 Å². The van der Waals surface area contributed by atoms with Crippen LogP contribution >= 0.6 is 0 Å². The van der Waals surface area contributed by atoms with Crippen molar-refractivity contribution < 1.29 is 14.3 Å². The SMILES string of the molecule is CC(C)(C)OC(=O)N=C1CCC(CN2CC3COCCN3c3nc(-c4cccc5[nH]ccc45)ncc32)CC1. The van der Waals surface area contributed by atoms with E-state index in [-0.39, 0.29) is 6.04 Å². The monoisotopic (exact) mass is 516 g/mol. The summed E-state index contributed by atoms with van der Waals surface area (Å²) in [4.78, 5) is 34.5. The molecule has 1 aromatic carbocycles. The van der Waals surface area contributed by atoms with Crippen LogP contribution < -0.4 is 9.80 Å². The van der Waals surface area contributed by atoms with E-state index in [2.05, 4.69) is 38.0 Å². The molecule has 1 saturated heterocycles. The smallest absolute Gasteiger partial charge is 0.434 e. The zero-order chi connectivity index (χ0) is 26.3. The summed E-state index contributed by atoms with van der Waals surface area (Å²) in [6.07, 6.45) is 7.17. The van der Waals surface area contributed by atoms with Gasteiger partial charge in [-0.3, -0.25) is 0 Å². The summed E-state index contributed by atoms with van der Waals surface area (Å²) >= 11 is 0. The van der Waals surface area contributed by atoms with Crippen molar-refractivity contribution in [2.24, 2.45) is 10.9 Å². The number of ether oxygens (including phenoxy) is 2. The highest BCUT2D eigenvalue weighted by molar-refractivity contribution is 5.94. The van der Waals surface area contributed by atoms with Gasteiger partial charge in [0.2, 0.25) is 0 Å². The third-order valence-corrected chi connectivity index (χ3v) is 7.66. The second-order valence-electron chi connectivity index (χ2n) is 11.6. The molecular weight excluding hydrogens is 480 g/mol. The van der Waals surface area contributed by atoms with Gasteiger partial charge in [-0.15, -0.1) is 0 Å². The number of hydrogen-bond donors (Lipinski definition) is 1. The highest BCUT2D eigenvalue weighted by atomic mass is 16.6. The Morgan fingerprint density at radius 3 is 2.89 bits per heavy atom. The molecule has 0 spiro atoms. The maximum atomic E-state index is 12.1. The highest BCUT2D eigenvalue weighted by Crippen LogP contribution is 2.38. The van der Waals surface area contributed by atoms with Crippen LogP contribution in [0.15, 0.2) is 41.7 Å². The summed E-state index contributed by atoms with van der Waals surface area (Å²) < 4.78 is 11.2. The average Bonchev–Trinajstić information content (AvgIpc) is 3.38. The maximum absolute atomic E-state index is 12.1. The van der Waals surface area contributed by atoms with Gasteiger partial charge in [0.1, 0.15) is 5.60 Å². The van der Waals surface area contributed by atoms with E-state index in [9.17, 15) is 4.79 Å². The number of nitrogens with one attached hydrogen (secondary N) is 1. The van der Waals surface area contributed by atoms with E-state index in [0.717, 1.165) is 84.8 Å². The molecule has 4 heterocycles. The number of carbonyl (C=O) groups is 1. The van der Waals surface area contributed by atoms with Gasteiger partial charge in [0, 0.05) is 48.0 Å². The van der Waals surface area contributed by atoms with E-state index in [0.29, 0.717) is 19.1 Å². The lowest BCUT2D eigenvalue weighted by Crippen LogP contribution is -2.56. The van der Waals surface area contributed by atoms with Crippen LogP contribution in [0.5, 0.6) is 0 Å². The van der Waals surface area contributed by atoms with E-state index in [1.807, 2.05) is 39.2 Å². The molecule has 1 atom stereocenters. The first-order chi connectivity index (χ1) is 18.3. The highest BCUT2D eigenvalue weighted by Gasteiger charge is 2.36. The lowest BCUT2D eigenvalue weighted by molar-refractivity contribution is 0.0603. The number of carbonyl (C=O) groups excluding carboxylic acids is 1. The molecule has 2 aromatic heterocycles. The van der Waals surface area contributed by atoms with Crippen molar-refractivity contribution in [2.75, 3.05) is 42.6 Å². The molecule has 1 unspecified atom stereocenters. The molecule has 9 nitrogen and oxygen atoms in total. The number of anilines is 2. The number of fused-ring (bicyclic) bond motifs is 4. The number of aromatic amines is 1. The summed E-state index contributed by atoms with van der Waals surface area (Å²) in [6, 6.07) is 8.57. The summed E-state index contributed by atoms with van der Waals surface area (Å²) in [5.74, 6) is 2.27. The topological polar surface area (TPSA) is 95.9 Å². The Balaban J connectivity index is 1.21. The minimum atomic E-state index is -0.521. The van der Waals surface area contributed by atoms with Crippen LogP contribution in [0.4, 0.5) is 16.3 Å². The average molecular weight is 517 g/mol. The molecule has 1 N–H and O–H groups in total. The molecule has 0 bridgehead atoms. The fourth-order valence-electron chi connectivity index (χ4n) is 5.85. The van der Waals surface area contributed by atoms with Crippen LogP contribution in [-0.4, -0.2) is 71.2 Å². The van der Waals surface area contributed by atoms with E-state index in [1.165, 1.54) is 0 Å². The van der Waals surface area contributed by atoms with Gasteiger partial charge in [0.15, 0.2) is 11.6 Å². The van der Waals surface area contributed by atoms with Crippen molar-refractivity contribution in [2.45, 2.75) is 58.1 Å². The van der Waals surface area contributed by atoms with Crippen molar-refractivity contribution in [3.63, 3.8) is 0 Å². The van der Waals surface area contributed by atoms with Gasteiger partial charge in [-0.1, -0.05) is 12.1 Å². The molecular formula is C29H36N6O3. The van der Waals surface area contributed by atoms with Gasteiger partial charge in [-0.05, 0) is 64.5 Å². The van der Waals surface area contributed by atoms with Crippen LogP contribution in [0.1, 0.15) is 46.5 Å². The first-order valence-corrected chi connectivity index (χ1v) is 13.7. The van der Waals surface area contributed by atoms with Crippen molar-refractivity contribution in [3.8, 4) is 11.4 Å². The molecule has 2 fully saturated rings. The first kappa shape index (κ1) is 24.9. The van der Waals surface area contributed by atoms with E-state index >= 15 is 0 Å².